The van der Waals surface area contributed by atoms with Gasteiger partial charge in [-0.3, -0.25) is 14.9 Å². The number of para-hydroxylation sites is 1. The molecule has 0 saturated heterocycles. The van der Waals surface area contributed by atoms with Crippen molar-refractivity contribution in [2.75, 3.05) is 19.0 Å². The molecule has 1 amide bonds. The highest BCUT2D eigenvalue weighted by molar-refractivity contribution is 6.31. The maximum Gasteiger partial charge on any atom is 0.338 e. The highest BCUT2D eigenvalue weighted by Crippen LogP contribution is 2.30. The number of nitro benzene ring substituents is 1. The molecule has 34 heavy (non-hydrogen) atoms. The standard InChI is InChI=1S/C24H21ClN2O7/c1-15-6-5-9-19(27(30)31)23(15)26-22(28)14-34-24(29)16-10-11-20(21(12-16)32-2)33-13-17-7-3-4-8-18(17)25/h3-12H,13-14H2,1-2H3,(H,26,28). The van der Waals surface area contributed by atoms with Crippen LogP contribution >= 0.6 is 11.6 Å². The molecule has 0 fully saturated rings. The Morgan fingerprint density at radius 2 is 1.82 bits per heavy atom. The van der Waals surface area contributed by atoms with Crippen LogP contribution in [0.25, 0.3) is 0 Å². The van der Waals surface area contributed by atoms with Gasteiger partial charge in [0.1, 0.15) is 12.3 Å². The summed E-state index contributed by atoms with van der Waals surface area (Å²) >= 11 is 6.14. The molecule has 176 valence electrons. The first kappa shape index (κ1) is 24.5. The van der Waals surface area contributed by atoms with Crippen LogP contribution in [0.5, 0.6) is 11.5 Å². The number of benzene rings is 3. The molecule has 0 saturated carbocycles. The van der Waals surface area contributed by atoms with Gasteiger partial charge in [0.25, 0.3) is 11.6 Å². The number of amides is 1. The minimum absolute atomic E-state index is 0.0511. The number of carbonyl (C=O) groups is 2. The quantitative estimate of drug-likeness (QED) is 0.259. The van der Waals surface area contributed by atoms with E-state index in [-0.39, 0.29) is 23.5 Å². The van der Waals surface area contributed by atoms with Crippen LogP contribution in [-0.2, 0) is 16.1 Å². The lowest BCUT2D eigenvalue weighted by atomic mass is 10.1. The van der Waals surface area contributed by atoms with Crippen LogP contribution in [0, 0.1) is 17.0 Å². The molecule has 0 spiro atoms. The Kier molecular flexibility index (Phi) is 8.05. The van der Waals surface area contributed by atoms with E-state index in [0.29, 0.717) is 22.1 Å². The lowest BCUT2D eigenvalue weighted by Crippen LogP contribution is -2.22. The number of nitro groups is 1. The molecule has 1 N–H and O–H groups in total. The molecule has 0 radical (unpaired) electrons. The van der Waals surface area contributed by atoms with Gasteiger partial charge in [-0.1, -0.05) is 41.9 Å². The van der Waals surface area contributed by atoms with Crippen molar-refractivity contribution in [1.82, 2.24) is 0 Å². The Morgan fingerprint density at radius 3 is 2.53 bits per heavy atom. The second kappa shape index (κ2) is 11.2. The van der Waals surface area contributed by atoms with E-state index < -0.39 is 23.4 Å². The first-order chi connectivity index (χ1) is 16.3. The molecule has 0 aromatic heterocycles. The molecular weight excluding hydrogens is 464 g/mol. The molecular formula is C24H21ClN2O7. The van der Waals surface area contributed by atoms with Crippen LogP contribution in [0.1, 0.15) is 21.5 Å². The lowest BCUT2D eigenvalue weighted by Gasteiger charge is -2.13. The van der Waals surface area contributed by atoms with Crippen molar-refractivity contribution >= 4 is 34.9 Å². The first-order valence-electron chi connectivity index (χ1n) is 10.1. The van der Waals surface area contributed by atoms with Crippen molar-refractivity contribution in [2.45, 2.75) is 13.5 Å². The van der Waals surface area contributed by atoms with Gasteiger partial charge in [0.2, 0.25) is 0 Å². The first-order valence-corrected chi connectivity index (χ1v) is 10.4. The number of hydrogen-bond acceptors (Lipinski definition) is 7. The number of nitrogens with zero attached hydrogens (tertiary/aromatic N) is 1. The second-order valence-electron chi connectivity index (χ2n) is 7.10. The van der Waals surface area contributed by atoms with Gasteiger partial charge in [0, 0.05) is 16.7 Å². The third-order valence-corrected chi connectivity index (χ3v) is 5.16. The number of methoxy groups -OCH3 is 1. The van der Waals surface area contributed by atoms with Crippen LogP contribution in [0.4, 0.5) is 11.4 Å². The smallest absolute Gasteiger partial charge is 0.338 e. The topological polar surface area (TPSA) is 117 Å². The summed E-state index contributed by atoms with van der Waals surface area (Å²) < 4.78 is 16.1. The summed E-state index contributed by atoms with van der Waals surface area (Å²) in [5.74, 6) is -0.798. The lowest BCUT2D eigenvalue weighted by molar-refractivity contribution is -0.384. The molecule has 3 aromatic carbocycles. The molecule has 10 heteroatoms. The zero-order valence-corrected chi connectivity index (χ0v) is 19.1. The van der Waals surface area contributed by atoms with Crippen LogP contribution in [0.15, 0.2) is 60.7 Å². The summed E-state index contributed by atoms with van der Waals surface area (Å²) in [6.07, 6.45) is 0. The number of halogens is 1. The number of rotatable bonds is 9. The molecule has 0 aliphatic carbocycles. The Morgan fingerprint density at radius 1 is 1.06 bits per heavy atom. The van der Waals surface area contributed by atoms with Crippen LogP contribution in [0.3, 0.4) is 0 Å². The van der Waals surface area contributed by atoms with Gasteiger partial charge in [-0.2, -0.15) is 0 Å². The molecule has 3 rings (SSSR count). The zero-order valence-electron chi connectivity index (χ0n) is 18.4. The molecule has 0 atom stereocenters. The number of hydrogen-bond donors (Lipinski definition) is 1. The summed E-state index contributed by atoms with van der Waals surface area (Å²) in [6.45, 7) is 1.19. The van der Waals surface area contributed by atoms with Gasteiger partial charge < -0.3 is 19.5 Å². The van der Waals surface area contributed by atoms with Gasteiger partial charge in [-0.15, -0.1) is 0 Å². The molecule has 0 aliphatic rings. The summed E-state index contributed by atoms with van der Waals surface area (Å²) in [7, 11) is 1.43. The highest BCUT2D eigenvalue weighted by Gasteiger charge is 2.19. The van der Waals surface area contributed by atoms with E-state index in [9.17, 15) is 19.7 Å². The summed E-state index contributed by atoms with van der Waals surface area (Å²) in [5, 5.41) is 14.2. The minimum Gasteiger partial charge on any atom is -0.493 e. The third kappa shape index (κ3) is 6.02. The molecule has 3 aromatic rings. The van der Waals surface area contributed by atoms with Crippen molar-refractivity contribution in [3.8, 4) is 11.5 Å². The summed E-state index contributed by atoms with van der Waals surface area (Å²) in [6, 6.07) is 16.1. The number of anilines is 1. The van der Waals surface area contributed by atoms with Gasteiger partial charge >= 0.3 is 5.97 Å². The number of ether oxygens (including phenoxy) is 3. The van der Waals surface area contributed by atoms with E-state index in [1.165, 1.54) is 31.4 Å². The normalized spacial score (nSPS) is 10.3. The Balaban J connectivity index is 1.62. The van der Waals surface area contributed by atoms with Gasteiger partial charge in [0.05, 0.1) is 17.6 Å². The molecule has 0 heterocycles. The SMILES string of the molecule is COc1cc(C(=O)OCC(=O)Nc2c(C)cccc2[N+](=O)[O-])ccc1OCc1ccccc1Cl. The molecule has 0 bridgehead atoms. The van der Waals surface area contributed by atoms with E-state index in [1.807, 2.05) is 18.2 Å². The Bertz CT molecular complexity index is 1230. The second-order valence-corrected chi connectivity index (χ2v) is 7.50. The van der Waals surface area contributed by atoms with Crippen molar-refractivity contribution in [3.05, 3.63) is 92.5 Å². The Hall–Kier alpha value is -4.11. The van der Waals surface area contributed by atoms with E-state index in [1.54, 1.807) is 25.1 Å². The Labute approximate surface area is 200 Å². The number of nitrogens with one attached hydrogen (secondary N) is 1. The highest BCUT2D eigenvalue weighted by atomic mass is 35.5. The molecule has 0 aliphatic heterocycles. The number of carbonyl (C=O) groups excluding carboxylic acids is 2. The van der Waals surface area contributed by atoms with Gasteiger partial charge in [0.15, 0.2) is 18.1 Å². The largest absolute Gasteiger partial charge is 0.493 e. The van der Waals surface area contributed by atoms with E-state index >= 15 is 0 Å². The average Bonchev–Trinajstić information content (AvgIpc) is 2.83. The van der Waals surface area contributed by atoms with E-state index in [2.05, 4.69) is 5.32 Å². The maximum atomic E-state index is 12.4. The van der Waals surface area contributed by atoms with Crippen LogP contribution in [-0.4, -0.2) is 30.5 Å². The minimum atomic E-state index is -0.773. The fraction of sp³-hybridized carbons (Fsp3) is 0.167. The molecule has 0 unspecified atom stereocenters. The van der Waals surface area contributed by atoms with Crippen molar-refractivity contribution in [2.24, 2.45) is 0 Å². The van der Waals surface area contributed by atoms with Crippen LogP contribution < -0.4 is 14.8 Å². The molecule has 9 nitrogen and oxygen atoms in total. The average molecular weight is 485 g/mol. The fourth-order valence-corrected chi connectivity index (χ4v) is 3.23. The van der Waals surface area contributed by atoms with Gasteiger partial charge in [-0.25, -0.2) is 4.79 Å². The zero-order chi connectivity index (χ0) is 24.7. The summed E-state index contributed by atoms with van der Waals surface area (Å²) in [5.41, 5.74) is 1.23. The van der Waals surface area contributed by atoms with Gasteiger partial charge in [-0.05, 0) is 36.8 Å². The predicted molar refractivity (Wildman–Crippen MR) is 126 cm³/mol. The van der Waals surface area contributed by atoms with Crippen molar-refractivity contribution in [1.29, 1.82) is 0 Å². The van der Waals surface area contributed by atoms with E-state index in [0.717, 1.165) is 5.56 Å². The van der Waals surface area contributed by atoms with E-state index in [4.69, 9.17) is 25.8 Å². The third-order valence-electron chi connectivity index (χ3n) is 4.79. The summed E-state index contributed by atoms with van der Waals surface area (Å²) in [4.78, 5) is 35.2. The maximum absolute atomic E-state index is 12.4. The predicted octanol–water partition coefficient (Wildman–Crippen LogP) is 4.94. The van der Waals surface area contributed by atoms with Crippen molar-refractivity contribution < 1.29 is 28.7 Å². The fourth-order valence-electron chi connectivity index (χ4n) is 3.04. The monoisotopic (exact) mass is 484 g/mol. The van der Waals surface area contributed by atoms with Crippen molar-refractivity contribution in [3.63, 3.8) is 0 Å². The number of aryl methyl sites for hydroxylation is 1. The van der Waals surface area contributed by atoms with Crippen LogP contribution in [0.2, 0.25) is 5.02 Å². The number of esters is 1.